The van der Waals surface area contributed by atoms with Gasteiger partial charge in [0.25, 0.3) is 0 Å². The van der Waals surface area contributed by atoms with E-state index in [9.17, 15) is 4.79 Å². The molecule has 0 bridgehead atoms. The molecule has 1 heterocycles. The first-order valence-electron chi connectivity index (χ1n) is 2.68. The van der Waals surface area contributed by atoms with Crippen molar-refractivity contribution in [1.29, 1.82) is 0 Å². The summed E-state index contributed by atoms with van der Waals surface area (Å²) in [5, 5.41) is 11.7. The standard InChI is InChI=1S/C5H7NO3/c7-5(8)3-4-1-2-6-9-4/h2,4H,1,3H2,(H,7,8)/t4-/m0/s1. The second-order valence-electron chi connectivity index (χ2n) is 1.85. The SMILES string of the molecule is O=C(O)C[C@@H]1CC=NO1. The third-order valence-electron chi connectivity index (χ3n) is 1.06. The van der Waals surface area contributed by atoms with Crippen LogP contribution in [0.2, 0.25) is 0 Å². The van der Waals surface area contributed by atoms with Gasteiger partial charge in [0, 0.05) is 12.6 Å². The second-order valence-corrected chi connectivity index (χ2v) is 1.85. The summed E-state index contributed by atoms with van der Waals surface area (Å²) < 4.78 is 0. The Hall–Kier alpha value is -1.06. The van der Waals surface area contributed by atoms with Crippen LogP contribution in [0, 0.1) is 0 Å². The molecule has 0 radical (unpaired) electrons. The van der Waals surface area contributed by atoms with Crippen LogP contribution in [-0.4, -0.2) is 23.4 Å². The van der Waals surface area contributed by atoms with E-state index in [-0.39, 0.29) is 12.5 Å². The number of oxime groups is 1. The van der Waals surface area contributed by atoms with E-state index in [0.717, 1.165) is 0 Å². The number of hydrogen-bond acceptors (Lipinski definition) is 3. The van der Waals surface area contributed by atoms with E-state index in [4.69, 9.17) is 5.11 Å². The van der Waals surface area contributed by atoms with Crippen LogP contribution in [0.4, 0.5) is 0 Å². The number of hydrogen-bond donors (Lipinski definition) is 1. The molecular weight excluding hydrogens is 122 g/mol. The fourth-order valence-corrected chi connectivity index (χ4v) is 0.648. The summed E-state index contributed by atoms with van der Waals surface area (Å²) in [6, 6.07) is 0. The van der Waals surface area contributed by atoms with Crippen molar-refractivity contribution in [3.05, 3.63) is 0 Å². The number of rotatable bonds is 2. The molecule has 1 aliphatic rings. The predicted octanol–water partition coefficient (Wildman–Crippen LogP) is 0.236. The minimum atomic E-state index is -0.842. The van der Waals surface area contributed by atoms with E-state index in [1.165, 1.54) is 0 Å². The molecule has 0 aromatic carbocycles. The molecule has 0 fully saturated rings. The van der Waals surface area contributed by atoms with Crippen LogP contribution in [0.1, 0.15) is 12.8 Å². The maximum absolute atomic E-state index is 10.0. The van der Waals surface area contributed by atoms with Crippen molar-refractivity contribution in [3.63, 3.8) is 0 Å². The normalized spacial score (nSPS) is 23.8. The summed E-state index contributed by atoms with van der Waals surface area (Å²) in [5.41, 5.74) is 0. The van der Waals surface area contributed by atoms with Crippen LogP contribution >= 0.6 is 0 Å². The Morgan fingerprint density at radius 3 is 3.22 bits per heavy atom. The molecule has 0 aliphatic carbocycles. The van der Waals surface area contributed by atoms with Crippen LogP contribution in [0.5, 0.6) is 0 Å². The van der Waals surface area contributed by atoms with Crippen molar-refractivity contribution in [2.45, 2.75) is 18.9 Å². The van der Waals surface area contributed by atoms with E-state index in [2.05, 4.69) is 9.99 Å². The van der Waals surface area contributed by atoms with Gasteiger partial charge in [-0.05, 0) is 0 Å². The van der Waals surface area contributed by atoms with Gasteiger partial charge in [0.2, 0.25) is 0 Å². The van der Waals surface area contributed by atoms with Gasteiger partial charge in [-0.1, -0.05) is 5.16 Å². The van der Waals surface area contributed by atoms with Gasteiger partial charge in [-0.2, -0.15) is 0 Å². The van der Waals surface area contributed by atoms with Crippen LogP contribution in [0.25, 0.3) is 0 Å². The molecule has 0 saturated heterocycles. The van der Waals surface area contributed by atoms with Gasteiger partial charge in [0.15, 0.2) is 0 Å². The number of nitrogens with zero attached hydrogens (tertiary/aromatic N) is 1. The highest BCUT2D eigenvalue weighted by molar-refractivity contribution is 5.69. The van der Waals surface area contributed by atoms with Crippen LogP contribution in [-0.2, 0) is 9.63 Å². The molecule has 1 rings (SSSR count). The van der Waals surface area contributed by atoms with Crippen LogP contribution in [0.3, 0.4) is 0 Å². The Bertz CT molecular complexity index is 135. The molecule has 1 atom stereocenters. The highest BCUT2D eigenvalue weighted by atomic mass is 16.6. The molecule has 0 saturated carbocycles. The highest BCUT2D eigenvalue weighted by Gasteiger charge is 2.16. The molecule has 0 aromatic rings. The molecule has 4 heteroatoms. The largest absolute Gasteiger partial charge is 0.481 e. The average molecular weight is 129 g/mol. The second kappa shape index (κ2) is 2.48. The molecule has 0 aromatic heterocycles. The average Bonchev–Trinajstić information content (AvgIpc) is 2.15. The summed E-state index contributed by atoms with van der Waals surface area (Å²) in [6.45, 7) is 0. The van der Waals surface area contributed by atoms with Crippen molar-refractivity contribution >= 4 is 12.2 Å². The summed E-state index contributed by atoms with van der Waals surface area (Å²) in [4.78, 5) is 14.7. The molecule has 9 heavy (non-hydrogen) atoms. The van der Waals surface area contributed by atoms with E-state index < -0.39 is 5.97 Å². The van der Waals surface area contributed by atoms with Gasteiger partial charge < -0.3 is 9.94 Å². The maximum atomic E-state index is 10.0. The van der Waals surface area contributed by atoms with Crippen LogP contribution in [0.15, 0.2) is 5.16 Å². The predicted molar refractivity (Wildman–Crippen MR) is 30.2 cm³/mol. The lowest BCUT2D eigenvalue weighted by molar-refractivity contribution is -0.139. The first-order valence-corrected chi connectivity index (χ1v) is 2.68. The first kappa shape index (κ1) is 6.07. The molecule has 0 unspecified atom stereocenters. The third-order valence-corrected chi connectivity index (χ3v) is 1.06. The van der Waals surface area contributed by atoms with Gasteiger partial charge in [0.1, 0.15) is 6.10 Å². The zero-order chi connectivity index (χ0) is 6.69. The Labute approximate surface area is 52.1 Å². The van der Waals surface area contributed by atoms with E-state index >= 15 is 0 Å². The Morgan fingerprint density at radius 2 is 2.78 bits per heavy atom. The first-order chi connectivity index (χ1) is 4.29. The molecular formula is C5H7NO3. The third kappa shape index (κ3) is 1.71. The zero-order valence-electron chi connectivity index (χ0n) is 4.78. The molecule has 0 spiro atoms. The van der Waals surface area contributed by atoms with Crippen molar-refractivity contribution < 1.29 is 14.7 Å². The topological polar surface area (TPSA) is 58.9 Å². The van der Waals surface area contributed by atoms with Gasteiger partial charge in [-0.25, -0.2) is 0 Å². The van der Waals surface area contributed by atoms with E-state index in [0.29, 0.717) is 6.42 Å². The Balaban J connectivity index is 2.22. The van der Waals surface area contributed by atoms with Gasteiger partial charge >= 0.3 is 5.97 Å². The number of carbonyl (C=O) groups is 1. The number of carboxylic acids is 1. The lowest BCUT2D eigenvalue weighted by atomic mass is 10.2. The smallest absolute Gasteiger partial charge is 0.307 e. The lowest BCUT2D eigenvalue weighted by Gasteiger charge is -2.01. The summed E-state index contributed by atoms with van der Waals surface area (Å²) in [6.07, 6.45) is 2.00. The summed E-state index contributed by atoms with van der Waals surface area (Å²) >= 11 is 0. The quantitative estimate of drug-likeness (QED) is 0.580. The molecule has 1 aliphatic heterocycles. The van der Waals surface area contributed by atoms with Crippen molar-refractivity contribution in [3.8, 4) is 0 Å². The molecule has 50 valence electrons. The highest BCUT2D eigenvalue weighted by Crippen LogP contribution is 2.07. The van der Waals surface area contributed by atoms with Crippen molar-refractivity contribution in [1.82, 2.24) is 0 Å². The van der Waals surface area contributed by atoms with Crippen LogP contribution < -0.4 is 0 Å². The summed E-state index contributed by atoms with van der Waals surface area (Å²) in [7, 11) is 0. The maximum Gasteiger partial charge on any atom is 0.307 e. The fourth-order valence-electron chi connectivity index (χ4n) is 0.648. The summed E-state index contributed by atoms with van der Waals surface area (Å²) in [5.74, 6) is -0.842. The minimum Gasteiger partial charge on any atom is -0.481 e. The van der Waals surface area contributed by atoms with Gasteiger partial charge in [-0.3, -0.25) is 4.79 Å². The number of carboxylic acid groups (broad SMARTS) is 1. The fraction of sp³-hybridized carbons (Fsp3) is 0.600. The minimum absolute atomic E-state index is 0.0417. The lowest BCUT2D eigenvalue weighted by Crippen LogP contribution is -2.11. The number of aliphatic carboxylic acids is 1. The van der Waals surface area contributed by atoms with E-state index in [1.807, 2.05) is 0 Å². The zero-order valence-corrected chi connectivity index (χ0v) is 4.78. The van der Waals surface area contributed by atoms with Gasteiger partial charge in [0.05, 0.1) is 6.42 Å². The Morgan fingerprint density at radius 1 is 2.00 bits per heavy atom. The van der Waals surface area contributed by atoms with E-state index in [1.54, 1.807) is 6.21 Å². The molecule has 1 N–H and O–H groups in total. The molecule has 0 amide bonds. The monoisotopic (exact) mass is 129 g/mol. The van der Waals surface area contributed by atoms with Gasteiger partial charge in [-0.15, -0.1) is 0 Å². The van der Waals surface area contributed by atoms with Crippen molar-refractivity contribution in [2.75, 3.05) is 0 Å². The Kier molecular flexibility index (Phi) is 1.67. The molecule has 4 nitrogen and oxygen atoms in total. The van der Waals surface area contributed by atoms with Crippen molar-refractivity contribution in [2.24, 2.45) is 5.16 Å².